The van der Waals surface area contributed by atoms with Gasteiger partial charge in [0.2, 0.25) is 0 Å². The Hall–Kier alpha value is -2.94. The highest BCUT2D eigenvalue weighted by atomic mass is 15.1. The van der Waals surface area contributed by atoms with Gasteiger partial charge in [-0.1, -0.05) is 48.5 Å². The van der Waals surface area contributed by atoms with Crippen molar-refractivity contribution in [3.8, 4) is 17.1 Å². The summed E-state index contributed by atoms with van der Waals surface area (Å²) in [5.41, 5.74) is 5.31. The number of imidazole rings is 1. The van der Waals surface area contributed by atoms with Crippen molar-refractivity contribution in [2.75, 3.05) is 0 Å². The van der Waals surface area contributed by atoms with Crippen LogP contribution in [0.3, 0.4) is 0 Å². The summed E-state index contributed by atoms with van der Waals surface area (Å²) >= 11 is 0. The lowest BCUT2D eigenvalue weighted by Gasteiger charge is -2.09. The van der Waals surface area contributed by atoms with Gasteiger partial charge >= 0.3 is 0 Å². The van der Waals surface area contributed by atoms with Gasteiger partial charge in [0.05, 0.1) is 17.2 Å². The number of hydrogen-bond donors (Lipinski definition) is 0. The number of para-hydroxylation sites is 1. The largest absolute Gasteiger partial charge is 0.291 e. The highest BCUT2D eigenvalue weighted by Crippen LogP contribution is 2.29. The maximum atomic E-state index is 4.88. The van der Waals surface area contributed by atoms with Crippen molar-refractivity contribution in [3.05, 3.63) is 78.6 Å². The zero-order chi connectivity index (χ0) is 14.9. The van der Waals surface area contributed by atoms with Crippen molar-refractivity contribution < 1.29 is 0 Å². The Balaban J connectivity index is 2.10. The number of pyridine rings is 1. The second-order valence-corrected chi connectivity index (χ2v) is 5.30. The third-order valence-corrected chi connectivity index (χ3v) is 3.80. The van der Waals surface area contributed by atoms with E-state index >= 15 is 0 Å². The average Bonchev–Trinajstić information content (AvgIpc) is 2.97. The second-order valence-electron chi connectivity index (χ2n) is 5.30. The fourth-order valence-electron chi connectivity index (χ4n) is 2.74. The molecule has 0 fully saturated rings. The van der Waals surface area contributed by atoms with Crippen LogP contribution in [0, 0.1) is 6.92 Å². The number of aryl methyl sites for hydroxylation is 1. The van der Waals surface area contributed by atoms with Crippen molar-refractivity contribution in [1.29, 1.82) is 0 Å². The van der Waals surface area contributed by atoms with Gasteiger partial charge in [0, 0.05) is 17.4 Å². The van der Waals surface area contributed by atoms with E-state index in [-0.39, 0.29) is 0 Å². The van der Waals surface area contributed by atoms with E-state index in [0.717, 1.165) is 33.7 Å². The quantitative estimate of drug-likeness (QED) is 0.546. The standard InChI is InChI=1S/C19H15N3/c1-14-12-20-13-17-18(14)21-19(15-8-4-2-5-9-15)22(17)16-10-6-3-7-11-16/h2-13H,1H3. The molecule has 0 aliphatic heterocycles. The maximum Gasteiger partial charge on any atom is 0.145 e. The van der Waals surface area contributed by atoms with E-state index < -0.39 is 0 Å². The van der Waals surface area contributed by atoms with Crippen molar-refractivity contribution in [1.82, 2.24) is 14.5 Å². The number of rotatable bonds is 2. The second kappa shape index (κ2) is 5.11. The first-order valence-corrected chi connectivity index (χ1v) is 7.28. The molecule has 0 amide bonds. The Labute approximate surface area is 128 Å². The summed E-state index contributed by atoms with van der Waals surface area (Å²) in [4.78, 5) is 9.23. The molecule has 2 heterocycles. The number of aromatic nitrogens is 3. The Morgan fingerprint density at radius 3 is 2.23 bits per heavy atom. The summed E-state index contributed by atoms with van der Waals surface area (Å²) in [6.45, 7) is 2.05. The van der Waals surface area contributed by atoms with E-state index in [1.54, 1.807) is 0 Å². The number of benzene rings is 2. The van der Waals surface area contributed by atoms with Crippen LogP contribution in [0.5, 0.6) is 0 Å². The van der Waals surface area contributed by atoms with E-state index in [1.807, 2.05) is 55.7 Å². The fourth-order valence-corrected chi connectivity index (χ4v) is 2.74. The minimum atomic E-state index is 0.943. The molecule has 0 atom stereocenters. The third-order valence-electron chi connectivity index (χ3n) is 3.80. The summed E-state index contributed by atoms with van der Waals surface area (Å²) in [6.07, 6.45) is 3.74. The molecular formula is C19H15N3. The van der Waals surface area contributed by atoms with Crippen LogP contribution in [0.2, 0.25) is 0 Å². The van der Waals surface area contributed by atoms with Gasteiger partial charge in [0.15, 0.2) is 0 Å². The summed E-state index contributed by atoms with van der Waals surface area (Å²) in [5.74, 6) is 0.943. The van der Waals surface area contributed by atoms with Gasteiger partial charge in [-0.2, -0.15) is 0 Å². The van der Waals surface area contributed by atoms with Gasteiger partial charge in [-0.25, -0.2) is 4.98 Å². The summed E-state index contributed by atoms with van der Waals surface area (Å²) in [7, 11) is 0. The first-order valence-electron chi connectivity index (χ1n) is 7.28. The van der Waals surface area contributed by atoms with Crippen LogP contribution in [0.15, 0.2) is 73.1 Å². The molecule has 2 aromatic heterocycles. The summed E-state index contributed by atoms with van der Waals surface area (Å²) in [5, 5.41) is 0. The molecule has 0 radical (unpaired) electrons. The van der Waals surface area contributed by atoms with Crippen LogP contribution in [-0.4, -0.2) is 14.5 Å². The Kier molecular flexibility index (Phi) is 2.97. The first-order chi connectivity index (χ1) is 10.8. The molecule has 0 N–H and O–H groups in total. The van der Waals surface area contributed by atoms with E-state index in [0.29, 0.717) is 0 Å². The lowest BCUT2D eigenvalue weighted by Crippen LogP contribution is -1.97. The summed E-state index contributed by atoms with van der Waals surface area (Å²) in [6, 6.07) is 20.6. The molecule has 106 valence electrons. The third kappa shape index (κ3) is 1.99. The van der Waals surface area contributed by atoms with Crippen molar-refractivity contribution in [2.24, 2.45) is 0 Å². The molecule has 4 rings (SSSR count). The Morgan fingerprint density at radius 2 is 1.50 bits per heavy atom. The topological polar surface area (TPSA) is 30.7 Å². The monoisotopic (exact) mass is 285 g/mol. The highest BCUT2D eigenvalue weighted by Gasteiger charge is 2.15. The van der Waals surface area contributed by atoms with Crippen LogP contribution < -0.4 is 0 Å². The SMILES string of the molecule is Cc1cncc2c1nc(-c1ccccc1)n2-c1ccccc1. The molecule has 0 saturated heterocycles. The van der Waals surface area contributed by atoms with Gasteiger partial charge in [-0.05, 0) is 24.6 Å². The number of fused-ring (bicyclic) bond motifs is 1. The minimum Gasteiger partial charge on any atom is -0.291 e. The predicted octanol–water partition coefficient (Wildman–Crippen LogP) is 4.40. The molecule has 0 aliphatic carbocycles. The van der Waals surface area contributed by atoms with Crippen LogP contribution in [0.4, 0.5) is 0 Å². The van der Waals surface area contributed by atoms with E-state index in [2.05, 4.69) is 33.8 Å². The zero-order valence-electron chi connectivity index (χ0n) is 12.3. The van der Waals surface area contributed by atoms with Gasteiger partial charge in [-0.15, -0.1) is 0 Å². The summed E-state index contributed by atoms with van der Waals surface area (Å²) < 4.78 is 2.17. The van der Waals surface area contributed by atoms with Crippen LogP contribution in [0.25, 0.3) is 28.1 Å². The first kappa shape index (κ1) is 12.8. The normalized spacial score (nSPS) is 11.0. The van der Waals surface area contributed by atoms with E-state index in [1.165, 1.54) is 0 Å². The molecule has 0 bridgehead atoms. The molecular weight excluding hydrogens is 270 g/mol. The highest BCUT2D eigenvalue weighted by molar-refractivity contribution is 5.84. The Bertz CT molecular complexity index is 925. The Morgan fingerprint density at radius 1 is 0.818 bits per heavy atom. The smallest absolute Gasteiger partial charge is 0.145 e. The number of nitrogens with zero attached hydrogens (tertiary/aromatic N) is 3. The van der Waals surface area contributed by atoms with Crippen molar-refractivity contribution in [3.63, 3.8) is 0 Å². The van der Waals surface area contributed by atoms with Crippen LogP contribution in [-0.2, 0) is 0 Å². The molecule has 22 heavy (non-hydrogen) atoms. The maximum absolute atomic E-state index is 4.88. The van der Waals surface area contributed by atoms with Crippen molar-refractivity contribution in [2.45, 2.75) is 6.92 Å². The molecule has 0 aliphatic rings. The molecule has 2 aromatic carbocycles. The van der Waals surface area contributed by atoms with E-state index in [4.69, 9.17) is 4.98 Å². The molecule has 3 heteroatoms. The van der Waals surface area contributed by atoms with Gasteiger partial charge in [0.1, 0.15) is 5.82 Å². The molecule has 4 aromatic rings. The minimum absolute atomic E-state index is 0.943. The van der Waals surface area contributed by atoms with Gasteiger partial charge in [0.25, 0.3) is 0 Å². The molecule has 0 saturated carbocycles. The molecule has 3 nitrogen and oxygen atoms in total. The molecule has 0 spiro atoms. The zero-order valence-corrected chi connectivity index (χ0v) is 12.3. The van der Waals surface area contributed by atoms with Crippen LogP contribution >= 0.6 is 0 Å². The van der Waals surface area contributed by atoms with Crippen molar-refractivity contribution >= 4 is 11.0 Å². The van der Waals surface area contributed by atoms with Crippen LogP contribution in [0.1, 0.15) is 5.56 Å². The number of hydrogen-bond acceptors (Lipinski definition) is 2. The lowest BCUT2D eigenvalue weighted by molar-refractivity contribution is 1.10. The average molecular weight is 285 g/mol. The predicted molar refractivity (Wildman–Crippen MR) is 89.0 cm³/mol. The van der Waals surface area contributed by atoms with Gasteiger partial charge < -0.3 is 0 Å². The lowest BCUT2D eigenvalue weighted by atomic mass is 10.2. The van der Waals surface area contributed by atoms with Gasteiger partial charge in [-0.3, -0.25) is 9.55 Å². The van der Waals surface area contributed by atoms with E-state index in [9.17, 15) is 0 Å². The molecule has 0 unspecified atom stereocenters. The fraction of sp³-hybridized carbons (Fsp3) is 0.0526.